The number of carboxylic acid groups (broad SMARTS) is 1. The number of anilines is 1. The fraction of sp³-hybridized carbons (Fsp3) is 0.214. The lowest BCUT2D eigenvalue weighted by molar-refractivity contribution is 0.0691. The molecule has 102 valence electrons. The number of aromatic carboxylic acids is 1. The van der Waals surface area contributed by atoms with Crippen LogP contribution in [0.1, 0.15) is 26.6 Å². The van der Waals surface area contributed by atoms with E-state index in [-0.39, 0.29) is 5.69 Å². The van der Waals surface area contributed by atoms with E-state index < -0.39 is 5.97 Å². The Morgan fingerprint density at radius 3 is 3.00 bits per heavy atom. The molecule has 0 aliphatic rings. The van der Waals surface area contributed by atoms with E-state index in [1.54, 1.807) is 6.07 Å². The average molecular weight is 287 g/mol. The molecule has 0 aliphatic carbocycles. The van der Waals surface area contributed by atoms with Crippen molar-refractivity contribution in [3.8, 4) is 6.07 Å². The first-order valence-corrected chi connectivity index (χ1v) is 6.90. The third-order valence-corrected chi connectivity index (χ3v) is 3.63. The molecule has 6 heteroatoms. The molecule has 0 aliphatic heterocycles. The van der Waals surface area contributed by atoms with Crippen LogP contribution in [0.25, 0.3) is 0 Å². The van der Waals surface area contributed by atoms with E-state index in [9.17, 15) is 4.79 Å². The number of carbonyl (C=O) groups is 1. The lowest BCUT2D eigenvalue weighted by atomic mass is 10.1. The Bertz CT molecular complexity index is 673. The van der Waals surface area contributed by atoms with Crippen LogP contribution in [-0.4, -0.2) is 22.6 Å². The second kappa shape index (κ2) is 6.17. The largest absolute Gasteiger partial charge is 0.476 e. The van der Waals surface area contributed by atoms with Gasteiger partial charge < -0.3 is 10.4 Å². The predicted molar refractivity (Wildman–Crippen MR) is 77.2 cm³/mol. The zero-order chi connectivity index (χ0) is 14.5. The van der Waals surface area contributed by atoms with Crippen molar-refractivity contribution in [1.82, 2.24) is 4.98 Å². The maximum Gasteiger partial charge on any atom is 0.355 e. The fourth-order valence-corrected chi connectivity index (χ4v) is 2.50. The van der Waals surface area contributed by atoms with Gasteiger partial charge in [0.25, 0.3) is 0 Å². The molecule has 0 saturated carbocycles. The summed E-state index contributed by atoms with van der Waals surface area (Å²) < 4.78 is 0. The van der Waals surface area contributed by atoms with Crippen molar-refractivity contribution < 1.29 is 9.90 Å². The Kier molecular flexibility index (Phi) is 4.33. The smallest absolute Gasteiger partial charge is 0.355 e. The SMILES string of the molecule is Cc1ccc(C#N)c(NCCc2nc(C(=O)O)cs2)c1. The minimum atomic E-state index is -1.01. The zero-order valence-corrected chi connectivity index (χ0v) is 11.7. The molecule has 0 atom stereocenters. The topological polar surface area (TPSA) is 86.0 Å². The quantitative estimate of drug-likeness (QED) is 0.883. The molecule has 0 unspecified atom stereocenters. The molecule has 1 heterocycles. The Morgan fingerprint density at radius 1 is 1.55 bits per heavy atom. The summed E-state index contributed by atoms with van der Waals surface area (Å²) in [4.78, 5) is 14.7. The van der Waals surface area contributed by atoms with E-state index in [4.69, 9.17) is 10.4 Å². The minimum Gasteiger partial charge on any atom is -0.476 e. The highest BCUT2D eigenvalue weighted by Crippen LogP contribution is 2.17. The van der Waals surface area contributed by atoms with Crippen LogP contribution in [0, 0.1) is 18.3 Å². The first-order valence-electron chi connectivity index (χ1n) is 6.02. The van der Waals surface area contributed by atoms with Crippen molar-refractivity contribution in [3.63, 3.8) is 0 Å². The Balaban J connectivity index is 1.97. The lowest BCUT2D eigenvalue weighted by Gasteiger charge is -2.08. The van der Waals surface area contributed by atoms with Crippen LogP contribution in [0.4, 0.5) is 5.69 Å². The molecule has 0 radical (unpaired) electrons. The van der Waals surface area contributed by atoms with Gasteiger partial charge in [0.2, 0.25) is 0 Å². The van der Waals surface area contributed by atoms with Crippen LogP contribution in [0.15, 0.2) is 23.6 Å². The normalized spacial score (nSPS) is 10.0. The molecule has 1 aromatic carbocycles. The molecule has 0 saturated heterocycles. The average Bonchev–Trinajstić information content (AvgIpc) is 2.88. The molecule has 2 rings (SSSR count). The molecule has 20 heavy (non-hydrogen) atoms. The van der Waals surface area contributed by atoms with E-state index >= 15 is 0 Å². The summed E-state index contributed by atoms with van der Waals surface area (Å²) >= 11 is 1.33. The number of aryl methyl sites for hydroxylation is 1. The number of nitriles is 1. The molecule has 0 fully saturated rings. The van der Waals surface area contributed by atoms with Gasteiger partial charge >= 0.3 is 5.97 Å². The molecular formula is C14H13N3O2S. The van der Waals surface area contributed by atoms with Gasteiger partial charge in [-0.25, -0.2) is 9.78 Å². The van der Waals surface area contributed by atoms with Crippen LogP contribution < -0.4 is 5.32 Å². The summed E-state index contributed by atoms with van der Waals surface area (Å²) in [5.74, 6) is -1.01. The van der Waals surface area contributed by atoms with E-state index in [1.165, 1.54) is 16.7 Å². The standard InChI is InChI=1S/C14H13N3O2S/c1-9-2-3-10(7-15)11(6-9)16-5-4-13-17-12(8-20-13)14(18)19/h2-3,6,8,16H,4-5H2,1H3,(H,18,19). The highest BCUT2D eigenvalue weighted by molar-refractivity contribution is 7.09. The van der Waals surface area contributed by atoms with Crippen molar-refractivity contribution in [1.29, 1.82) is 5.26 Å². The minimum absolute atomic E-state index is 0.0817. The van der Waals surface area contributed by atoms with Gasteiger partial charge in [-0.2, -0.15) is 5.26 Å². The van der Waals surface area contributed by atoms with Gasteiger partial charge in [-0.3, -0.25) is 0 Å². The van der Waals surface area contributed by atoms with E-state index in [0.717, 1.165) is 16.3 Å². The van der Waals surface area contributed by atoms with Crippen molar-refractivity contribution in [2.75, 3.05) is 11.9 Å². The summed E-state index contributed by atoms with van der Waals surface area (Å²) in [6, 6.07) is 7.73. The van der Waals surface area contributed by atoms with Gasteiger partial charge in [-0.15, -0.1) is 11.3 Å². The van der Waals surface area contributed by atoms with Crippen LogP contribution in [-0.2, 0) is 6.42 Å². The number of carboxylic acids is 1. The number of nitrogens with one attached hydrogen (secondary N) is 1. The monoisotopic (exact) mass is 287 g/mol. The summed E-state index contributed by atoms with van der Waals surface area (Å²) in [5, 5.41) is 23.3. The number of hydrogen-bond acceptors (Lipinski definition) is 5. The van der Waals surface area contributed by atoms with Crippen molar-refractivity contribution >= 4 is 23.0 Å². The molecule has 5 nitrogen and oxygen atoms in total. The zero-order valence-electron chi connectivity index (χ0n) is 10.9. The van der Waals surface area contributed by atoms with Gasteiger partial charge in [-0.1, -0.05) is 6.07 Å². The first kappa shape index (κ1) is 14.0. The molecule has 0 bridgehead atoms. The predicted octanol–water partition coefficient (Wildman–Crippen LogP) is 2.68. The van der Waals surface area contributed by atoms with Crippen LogP contribution in [0.2, 0.25) is 0 Å². The second-order valence-corrected chi connectivity index (χ2v) is 5.21. The number of hydrogen-bond donors (Lipinski definition) is 2. The molecule has 2 aromatic rings. The molecule has 0 spiro atoms. The van der Waals surface area contributed by atoms with Crippen LogP contribution >= 0.6 is 11.3 Å². The van der Waals surface area contributed by atoms with E-state index in [0.29, 0.717) is 18.5 Å². The Hall–Kier alpha value is -2.39. The van der Waals surface area contributed by atoms with Gasteiger partial charge in [0.15, 0.2) is 5.69 Å². The van der Waals surface area contributed by atoms with Gasteiger partial charge in [0, 0.05) is 18.3 Å². The van der Waals surface area contributed by atoms with Crippen LogP contribution in [0.5, 0.6) is 0 Å². The molecule has 0 amide bonds. The summed E-state index contributed by atoms with van der Waals surface area (Å²) in [6.45, 7) is 2.57. The van der Waals surface area contributed by atoms with Crippen LogP contribution in [0.3, 0.4) is 0 Å². The van der Waals surface area contributed by atoms with Gasteiger partial charge in [0.1, 0.15) is 6.07 Å². The third-order valence-electron chi connectivity index (χ3n) is 2.72. The number of rotatable bonds is 5. The summed E-state index contributed by atoms with van der Waals surface area (Å²) in [6.07, 6.45) is 0.622. The van der Waals surface area contributed by atoms with E-state index in [1.807, 2.05) is 19.1 Å². The molecule has 1 aromatic heterocycles. The Labute approximate surface area is 120 Å². The number of benzene rings is 1. The molecular weight excluding hydrogens is 274 g/mol. The maximum absolute atomic E-state index is 10.7. The van der Waals surface area contributed by atoms with Gasteiger partial charge in [0.05, 0.1) is 16.3 Å². The fourth-order valence-electron chi connectivity index (χ4n) is 1.73. The number of thiazole rings is 1. The molecule has 2 N–H and O–H groups in total. The summed E-state index contributed by atoms with van der Waals surface area (Å²) in [7, 11) is 0. The van der Waals surface area contributed by atoms with Crippen molar-refractivity contribution in [3.05, 3.63) is 45.4 Å². The number of aromatic nitrogens is 1. The summed E-state index contributed by atoms with van der Waals surface area (Å²) in [5.41, 5.74) is 2.55. The third kappa shape index (κ3) is 3.33. The highest BCUT2D eigenvalue weighted by Gasteiger charge is 2.08. The van der Waals surface area contributed by atoms with E-state index in [2.05, 4.69) is 16.4 Å². The van der Waals surface area contributed by atoms with Crippen molar-refractivity contribution in [2.24, 2.45) is 0 Å². The maximum atomic E-state index is 10.7. The van der Waals surface area contributed by atoms with Gasteiger partial charge in [-0.05, 0) is 24.6 Å². The number of nitrogens with zero attached hydrogens (tertiary/aromatic N) is 2. The van der Waals surface area contributed by atoms with Crippen molar-refractivity contribution in [2.45, 2.75) is 13.3 Å². The first-order chi connectivity index (χ1) is 9.60. The lowest BCUT2D eigenvalue weighted by Crippen LogP contribution is -2.07. The second-order valence-electron chi connectivity index (χ2n) is 4.27. The Morgan fingerprint density at radius 2 is 2.35 bits per heavy atom. The highest BCUT2D eigenvalue weighted by atomic mass is 32.1.